The maximum Gasteiger partial charge on any atom is 0.253 e. The summed E-state index contributed by atoms with van der Waals surface area (Å²) >= 11 is 0. The van der Waals surface area contributed by atoms with Crippen LogP contribution in [0.2, 0.25) is 0 Å². The van der Waals surface area contributed by atoms with Gasteiger partial charge in [0.2, 0.25) is 0 Å². The zero-order valence-electron chi connectivity index (χ0n) is 27.7. The lowest BCUT2D eigenvalue weighted by molar-refractivity contribution is -0.214. The molecule has 6 rings (SSSR count). The number of likely N-dealkylation sites (tertiary alicyclic amines) is 1. The van der Waals surface area contributed by atoms with Gasteiger partial charge in [-0.15, -0.1) is 0 Å². The Labute approximate surface area is 289 Å². The first kappa shape index (κ1) is 36.4. The number of aliphatic hydroxyl groups is 9. The van der Waals surface area contributed by atoms with Crippen LogP contribution in [0, 0.1) is 23.7 Å². The summed E-state index contributed by atoms with van der Waals surface area (Å²) in [5.74, 6) is 11.3. The smallest absolute Gasteiger partial charge is 0.253 e. The van der Waals surface area contributed by atoms with E-state index in [1.165, 1.54) is 13.8 Å². The number of hydrogen-bond acceptors (Lipinski definition) is 12. The quantitative estimate of drug-likeness (QED) is 0.156. The van der Waals surface area contributed by atoms with E-state index >= 15 is 0 Å². The van der Waals surface area contributed by atoms with Crippen LogP contribution >= 0.6 is 0 Å². The van der Waals surface area contributed by atoms with Crippen molar-refractivity contribution in [3.05, 3.63) is 58.7 Å². The van der Waals surface area contributed by atoms with E-state index in [1.807, 2.05) is 36.4 Å². The van der Waals surface area contributed by atoms with Crippen molar-refractivity contribution in [1.82, 2.24) is 4.90 Å². The van der Waals surface area contributed by atoms with Crippen LogP contribution in [0.3, 0.4) is 0 Å². The first-order chi connectivity index (χ1) is 23.7. The Bertz CT molecular complexity index is 1620. The number of nitrogens with zero attached hydrogens (tertiary/aromatic N) is 1. The van der Waals surface area contributed by atoms with Crippen LogP contribution in [0.5, 0.6) is 0 Å². The van der Waals surface area contributed by atoms with Gasteiger partial charge in [0.1, 0.15) is 66.6 Å². The van der Waals surface area contributed by atoms with Gasteiger partial charge in [0.05, 0.1) is 13.2 Å². The molecule has 3 unspecified atom stereocenters. The highest BCUT2D eigenvalue weighted by Gasteiger charge is 2.48. The predicted molar refractivity (Wildman–Crippen MR) is 176 cm³/mol. The predicted octanol–water partition coefficient (Wildman–Crippen LogP) is -2.27. The second-order valence-corrected chi connectivity index (χ2v) is 14.0. The van der Waals surface area contributed by atoms with Crippen LogP contribution in [0.4, 0.5) is 0 Å². The molecular formula is C37H43NO12. The van der Waals surface area contributed by atoms with Gasteiger partial charge in [0, 0.05) is 29.6 Å². The van der Waals surface area contributed by atoms with Gasteiger partial charge >= 0.3 is 0 Å². The number of aliphatic hydroxyl groups excluding tert-OH is 8. The molecule has 13 heteroatoms. The topological polar surface area (TPSA) is 221 Å². The summed E-state index contributed by atoms with van der Waals surface area (Å²) in [6, 6.07) is 11.4. The minimum Gasteiger partial charge on any atom is -0.394 e. The molecular weight excluding hydrogens is 650 g/mol. The molecule has 3 heterocycles. The largest absolute Gasteiger partial charge is 0.394 e. The summed E-state index contributed by atoms with van der Waals surface area (Å²) in [5, 5.41) is 91.1. The first-order valence-electron chi connectivity index (χ1n) is 16.7. The van der Waals surface area contributed by atoms with Crippen LogP contribution in [-0.2, 0) is 19.7 Å². The molecule has 2 aromatic rings. The lowest BCUT2D eigenvalue weighted by Gasteiger charge is -2.42. The summed E-state index contributed by atoms with van der Waals surface area (Å²) in [4.78, 5) is 14.6. The van der Waals surface area contributed by atoms with E-state index in [1.54, 1.807) is 4.90 Å². The van der Waals surface area contributed by atoms with Crippen molar-refractivity contribution in [2.24, 2.45) is 0 Å². The van der Waals surface area contributed by atoms with Crippen molar-refractivity contribution >= 4 is 5.91 Å². The van der Waals surface area contributed by atoms with Crippen LogP contribution in [0.25, 0.3) is 11.1 Å². The molecule has 10 atom stereocenters. The average Bonchev–Trinajstić information content (AvgIpc) is 3.36. The number of fused-ring (bicyclic) bond motifs is 5. The van der Waals surface area contributed by atoms with E-state index < -0.39 is 85.3 Å². The summed E-state index contributed by atoms with van der Waals surface area (Å²) in [7, 11) is 0. The van der Waals surface area contributed by atoms with Gasteiger partial charge in [-0.2, -0.15) is 0 Å². The van der Waals surface area contributed by atoms with Crippen molar-refractivity contribution in [2.45, 2.75) is 98.7 Å². The molecule has 13 nitrogen and oxygen atoms in total. The normalized spacial score (nSPS) is 33.1. The Hall–Kier alpha value is -3.41. The van der Waals surface area contributed by atoms with E-state index in [-0.39, 0.29) is 5.91 Å². The lowest BCUT2D eigenvalue weighted by atomic mass is 9.70. The van der Waals surface area contributed by atoms with Crippen molar-refractivity contribution < 1.29 is 60.2 Å². The SMILES string of the molecule is CC(C)(O)C(=O)N1CCC2(CC1)c1cc(C#C[C@H]3O[C@H](CO)[C@@H](O)C(O)C3O)ccc1-c1ccc(C#C[C@H]3O[C@H](CO)[C@@H](O)C(O)[C@@H]3O)cc12. The minimum atomic E-state index is -1.55. The fourth-order valence-corrected chi connectivity index (χ4v) is 7.42. The fourth-order valence-electron chi connectivity index (χ4n) is 7.42. The summed E-state index contributed by atoms with van der Waals surface area (Å²) in [6.45, 7) is 2.52. The monoisotopic (exact) mass is 693 g/mol. The average molecular weight is 694 g/mol. The van der Waals surface area contributed by atoms with E-state index in [0.717, 1.165) is 22.3 Å². The molecule has 1 amide bonds. The molecule has 268 valence electrons. The summed E-state index contributed by atoms with van der Waals surface area (Å²) in [6.07, 6.45) is -12.5. The van der Waals surface area contributed by atoms with E-state index in [2.05, 4.69) is 23.7 Å². The van der Waals surface area contributed by atoms with E-state index in [4.69, 9.17) is 9.47 Å². The van der Waals surface area contributed by atoms with Crippen LogP contribution in [-0.4, -0.2) is 150 Å². The number of carbonyl (C=O) groups is 1. The van der Waals surface area contributed by atoms with Gasteiger partial charge in [-0.25, -0.2) is 0 Å². The molecule has 0 bridgehead atoms. The first-order valence-corrected chi connectivity index (χ1v) is 16.7. The maximum absolute atomic E-state index is 13.0. The van der Waals surface area contributed by atoms with Gasteiger partial charge in [-0.3, -0.25) is 4.79 Å². The molecule has 4 aliphatic rings. The van der Waals surface area contributed by atoms with Gasteiger partial charge in [0.15, 0.2) is 0 Å². The van der Waals surface area contributed by atoms with Crippen molar-refractivity contribution in [2.75, 3.05) is 26.3 Å². The number of benzene rings is 2. The second-order valence-electron chi connectivity index (χ2n) is 14.0. The highest BCUT2D eigenvalue weighted by atomic mass is 16.5. The molecule has 2 aromatic carbocycles. The number of carbonyl (C=O) groups excluding carboxylic acids is 1. The number of amides is 1. The number of rotatable bonds is 3. The summed E-state index contributed by atoms with van der Waals surface area (Å²) < 4.78 is 11.1. The third kappa shape index (κ3) is 6.45. The molecule has 3 saturated heterocycles. The Morgan fingerprint density at radius 3 is 1.54 bits per heavy atom. The highest BCUT2D eigenvalue weighted by Crippen LogP contribution is 2.54. The molecule has 9 N–H and O–H groups in total. The van der Waals surface area contributed by atoms with Crippen molar-refractivity contribution in [3.8, 4) is 34.8 Å². The maximum atomic E-state index is 13.0. The Balaban J connectivity index is 1.35. The third-order valence-corrected chi connectivity index (χ3v) is 10.3. The standard InChI is InChI=1S/C37H43NO12/c1-36(2,48)35(47)38-13-11-37(12-14-38)23-15-19(5-9-25-29(41)33(45)31(43)27(17-39)49-25)3-7-21(23)22-8-4-20(16-24(22)37)6-10-26-30(42)34(46)32(44)28(18-40)50-26/h3-4,7-8,15-16,25-34,39-46,48H,11-14,17-18H2,1-2H3/t25-,26-,27-,28-,29-,30?,31-,32-,33?,34?/m1/s1. The van der Waals surface area contributed by atoms with Gasteiger partial charge in [0.25, 0.3) is 5.91 Å². The van der Waals surface area contributed by atoms with E-state index in [0.29, 0.717) is 37.1 Å². The number of hydrogen-bond donors (Lipinski definition) is 9. The number of ether oxygens (including phenoxy) is 2. The Morgan fingerprint density at radius 2 is 1.16 bits per heavy atom. The Morgan fingerprint density at radius 1 is 0.740 bits per heavy atom. The van der Waals surface area contributed by atoms with Crippen LogP contribution in [0.1, 0.15) is 48.9 Å². The van der Waals surface area contributed by atoms with Gasteiger partial charge in [-0.1, -0.05) is 35.8 Å². The fraction of sp³-hybridized carbons (Fsp3) is 0.541. The highest BCUT2D eigenvalue weighted by molar-refractivity contribution is 5.85. The molecule has 0 saturated carbocycles. The molecule has 50 heavy (non-hydrogen) atoms. The molecule has 1 aliphatic carbocycles. The Kier molecular flexibility index (Phi) is 10.2. The molecule has 0 radical (unpaired) electrons. The molecule has 3 fully saturated rings. The third-order valence-electron chi connectivity index (χ3n) is 10.3. The summed E-state index contributed by atoms with van der Waals surface area (Å²) in [5.41, 5.74) is 2.89. The van der Waals surface area contributed by atoms with Crippen molar-refractivity contribution in [1.29, 1.82) is 0 Å². The molecule has 3 aliphatic heterocycles. The molecule has 1 spiro atoms. The van der Waals surface area contributed by atoms with Crippen LogP contribution < -0.4 is 0 Å². The zero-order valence-corrected chi connectivity index (χ0v) is 27.7. The minimum absolute atomic E-state index is 0.364. The van der Waals surface area contributed by atoms with Crippen molar-refractivity contribution in [3.63, 3.8) is 0 Å². The lowest BCUT2D eigenvalue weighted by Crippen LogP contribution is -2.58. The van der Waals surface area contributed by atoms with Crippen LogP contribution in [0.15, 0.2) is 36.4 Å². The zero-order chi connectivity index (χ0) is 36.1. The molecule has 0 aromatic heterocycles. The van der Waals surface area contributed by atoms with E-state index in [9.17, 15) is 50.8 Å². The second kappa shape index (κ2) is 14.0. The van der Waals surface area contributed by atoms with Gasteiger partial charge in [-0.05, 0) is 73.2 Å². The number of piperidine rings is 1. The van der Waals surface area contributed by atoms with Gasteiger partial charge < -0.3 is 60.3 Å².